The summed E-state index contributed by atoms with van der Waals surface area (Å²) in [5.41, 5.74) is 4.94. The van der Waals surface area contributed by atoms with Gasteiger partial charge in [0.05, 0.1) is 11.9 Å². The van der Waals surface area contributed by atoms with Crippen LogP contribution >= 0.6 is 0 Å². The molecule has 3 aromatic carbocycles. The zero-order chi connectivity index (χ0) is 29.4. The lowest BCUT2D eigenvalue weighted by Crippen LogP contribution is -2.53. The smallest absolute Gasteiger partial charge is 0.244 e. The molecule has 0 radical (unpaired) electrons. The summed E-state index contributed by atoms with van der Waals surface area (Å²) in [5, 5.41) is 3.01. The number of rotatable bonds is 12. The largest absolute Gasteiger partial charge is 0.354 e. The molecular formula is C32H41N3O4S. The molecule has 8 heteroatoms. The fraction of sp³-hybridized carbons (Fsp3) is 0.375. The quantitative estimate of drug-likeness (QED) is 0.343. The molecule has 7 nitrogen and oxygen atoms in total. The summed E-state index contributed by atoms with van der Waals surface area (Å²) in [5.74, 6) is -0.487. The van der Waals surface area contributed by atoms with Gasteiger partial charge < -0.3 is 10.2 Å². The highest BCUT2D eigenvalue weighted by atomic mass is 32.2. The number of anilines is 1. The van der Waals surface area contributed by atoms with Crippen molar-refractivity contribution in [3.63, 3.8) is 0 Å². The van der Waals surface area contributed by atoms with Crippen LogP contribution in [0.2, 0.25) is 0 Å². The van der Waals surface area contributed by atoms with Gasteiger partial charge in [0.15, 0.2) is 0 Å². The molecule has 0 spiro atoms. The second kappa shape index (κ2) is 13.6. The lowest BCUT2D eigenvalue weighted by atomic mass is 10.0. The van der Waals surface area contributed by atoms with Crippen LogP contribution in [0.3, 0.4) is 0 Å². The van der Waals surface area contributed by atoms with E-state index in [-0.39, 0.29) is 18.4 Å². The fourth-order valence-electron chi connectivity index (χ4n) is 4.55. The maximum absolute atomic E-state index is 14.2. The van der Waals surface area contributed by atoms with E-state index in [1.165, 1.54) is 4.90 Å². The fourth-order valence-corrected chi connectivity index (χ4v) is 5.45. The molecule has 0 aliphatic carbocycles. The third-order valence-corrected chi connectivity index (χ3v) is 8.21. The summed E-state index contributed by atoms with van der Waals surface area (Å²) < 4.78 is 27.2. The van der Waals surface area contributed by atoms with Gasteiger partial charge in [-0.2, -0.15) is 0 Å². The summed E-state index contributed by atoms with van der Waals surface area (Å²) in [4.78, 5) is 29.4. The Labute approximate surface area is 239 Å². The average molecular weight is 564 g/mol. The SMILES string of the molecule is Cc1ccccc1CN(C(=O)CN(c1cccc(C)c1C)S(C)(=O)=O)[C@@H](Cc1ccccc1)C(=O)NCC(C)C. The molecule has 0 aliphatic rings. The minimum absolute atomic E-state index is 0.169. The highest BCUT2D eigenvalue weighted by Crippen LogP contribution is 2.26. The predicted octanol–water partition coefficient (Wildman–Crippen LogP) is 4.79. The van der Waals surface area contributed by atoms with E-state index in [1.54, 1.807) is 12.1 Å². The van der Waals surface area contributed by atoms with Crippen molar-refractivity contribution in [3.05, 3.63) is 101 Å². The Morgan fingerprint density at radius 2 is 1.48 bits per heavy atom. The van der Waals surface area contributed by atoms with E-state index in [9.17, 15) is 18.0 Å². The van der Waals surface area contributed by atoms with E-state index >= 15 is 0 Å². The Kier molecular flexibility index (Phi) is 10.5. The maximum atomic E-state index is 14.2. The minimum atomic E-state index is -3.81. The van der Waals surface area contributed by atoms with Gasteiger partial charge in [0.2, 0.25) is 21.8 Å². The number of carbonyl (C=O) groups excluding carboxylic acids is 2. The van der Waals surface area contributed by atoms with E-state index in [1.807, 2.05) is 95.3 Å². The molecule has 3 rings (SSSR count). The molecule has 3 aromatic rings. The van der Waals surface area contributed by atoms with Gasteiger partial charge in [0, 0.05) is 19.5 Å². The second-order valence-corrected chi connectivity index (χ2v) is 12.7. The standard InChI is InChI=1S/C32H41N3O4S/c1-23(2)20-33-32(37)30(19-27-15-8-7-9-16-27)34(21-28-17-11-10-13-25(28)4)31(36)22-35(40(6,38)39)29-18-12-14-24(3)26(29)5/h7-18,23,30H,19-22H2,1-6H3,(H,33,37)/t30-/m0/s1. The van der Waals surface area contributed by atoms with Gasteiger partial charge in [0.25, 0.3) is 0 Å². The van der Waals surface area contributed by atoms with Crippen LogP contribution in [0.15, 0.2) is 72.8 Å². The van der Waals surface area contributed by atoms with Crippen LogP contribution in [0.5, 0.6) is 0 Å². The third-order valence-electron chi connectivity index (χ3n) is 7.08. The van der Waals surface area contributed by atoms with Crippen LogP contribution < -0.4 is 9.62 Å². The molecule has 214 valence electrons. The van der Waals surface area contributed by atoms with Gasteiger partial charge in [-0.1, -0.05) is 80.6 Å². The molecule has 2 amide bonds. The Balaban J connectivity index is 2.08. The molecule has 0 aromatic heterocycles. The lowest BCUT2D eigenvalue weighted by molar-refractivity contribution is -0.140. The van der Waals surface area contributed by atoms with Crippen molar-refractivity contribution in [1.29, 1.82) is 0 Å². The number of hydrogen-bond donors (Lipinski definition) is 1. The topological polar surface area (TPSA) is 86.8 Å². The Bertz CT molecular complexity index is 1420. The summed E-state index contributed by atoms with van der Waals surface area (Å²) in [6.07, 6.45) is 1.40. The number of aryl methyl sites for hydroxylation is 2. The molecule has 0 fully saturated rings. The van der Waals surface area contributed by atoms with Crippen LogP contribution in [-0.4, -0.2) is 50.5 Å². The first-order valence-electron chi connectivity index (χ1n) is 13.6. The molecule has 1 N–H and O–H groups in total. The van der Waals surface area contributed by atoms with Crippen LogP contribution in [-0.2, 0) is 32.6 Å². The molecular weight excluding hydrogens is 522 g/mol. The van der Waals surface area contributed by atoms with Crippen molar-refractivity contribution < 1.29 is 18.0 Å². The van der Waals surface area contributed by atoms with Crippen molar-refractivity contribution in [3.8, 4) is 0 Å². The van der Waals surface area contributed by atoms with E-state index < -0.39 is 28.5 Å². The van der Waals surface area contributed by atoms with Crippen LogP contribution in [0.25, 0.3) is 0 Å². The Morgan fingerprint density at radius 1 is 0.850 bits per heavy atom. The molecule has 1 atom stereocenters. The van der Waals surface area contributed by atoms with E-state index in [0.29, 0.717) is 18.7 Å². The highest BCUT2D eigenvalue weighted by molar-refractivity contribution is 7.92. The Morgan fingerprint density at radius 3 is 2.10 bits per heavy atom. The maximum Gasteiger partial charge on any atom is 0.244 e. The summed E-state index contributed by atoms with van der Waals surface area (Å²) in [7, 11) is -3.81. The second-order valence-electron chi connectivity index (χ2n) is 10.8. The van der Waals surface area contributed by atoms with E-state index in [2.05, 4.69) is 5.32 Å². The first-order chi connectivity index (χ1) is 18.9. The number of hydrogen-bond acceptors (Lipinski definition) is 4. The molecule has 40 heavy (non-hydrogen) atoms. The van der Waals surface area contributed by atoms with Crippen molar-refractivity contribution in [2.75, 3.05) is 23.7 Å². The van der Waals surface area contributed by atoms with Gasteiger partial charge in [-0.3, -0.25) is 13.9 Å². The van der Waals surface area contributed by atoms with Gasteiger partial charge in [-0.05, 0) is 60.6 Å². The summed E-state index contributed by atoms with van der Waals surface area (Å²) >= 11 is 0. The van der Waals surface area contributed by atoms with Crippen molar-refractivity contribution in [2.45, 2.75) is 53.6 Å². The first kappa shape index (κ1) is 30.9. The van der Waals surface area contributed by atoms with Gasteiger partial charge in [-0.25, -0.2) is 8.42 Å². The number of benzene rings is 3. The first-order valence-corrected chi connectivity index (χ1v) is 15.4. The number of sulfonamides is 1. The summed E-state index contributed by atoms with van der Waals surface area (Å²) in [6.45, 7) is 9.95. The van der Waals surface area contributed by atoms with Gasteiger partial charge in [-0.15, -0.1) is 0 Å². The highest BCUT2D eigenvalue weighted by Gasteiger charge is 2.33. The van der Waals surface area contributed by atoms with Crippen LogP contribution in [0, 0.1) is 26.7 Å². The van der Waals surface area contributed by atoms with Crippen LogP contribution in [0.1, 0.15) is 41.7 Å². The van der Waals surface area contributed by atoms with E-state index in [0.717, 1.165) is 38.4 Å². The van der Waals surface area contributed by atoms with E-state index in [4.69, 9.17) is 0 Å². The monoisotopic (exact) mass is 563 g/mol. The molecule has 0 saturated carbocycles. The molecule has 0 bridgehead atoms. The van der Waals surface area contributed by atoms with Crippen molar-refractivity contribution >= 4 is 27.5 Å². The lowest BCUT2D eigenvalue weighted by Gasteiger charge is -2.34. The van der Waals surface area contributed by atoms with Crippen molar-refractivity contribution in [2.24, 2.45) is 5.92 Å². The minimum Gasteiger partial charge on any atom is -0.354 e. The molecule has 0 heterocycles. The average Bonchev–Trinajstić information content (AvgIpc) is 2.90. The number of carbonyl (C=O) groups is 2. The number of nitrogens with one attached hydrogen (secondary N) is 1. The molecule has 0 saturated heterocycles. The molecule has 0 unspecified atom stereocenters. The summed E-state index contributed by atoms with van der Waals surface area (Å²) in [6, 6.07) is 21.8. The number of nitrogens with zero attached hydrogens (tertiary/aromatic N) is 2. The zero-order valence-corrected chi connectivity index (χ0v) is 25.2. The predicted molar refractivity (Wildman–Crippen MR) is 162 cm³/mol. The van der Waals surface area contributed by atoms with Gasteiger partial charge >= 0.3 is 0 Å². The molecule has 0 aliphatic heterocycles. The normalized spacial score (nSPS) is 12.2. The third kappa shape index (κ3) is 8.18. The van der Waals surface area contributed by atoms with Crippen molar-refractivity contribution in [1.82, 2.24) is 10.2 Å². The van der Waals surface area contributed by atoms with Gasteiger partial charge in [0.1, 0.15) is 12.6 Å². The van der Waals surface area contributed by atoms with Crippen LogP contribution in [0.4, 0.5) is 5.69 Å². The Hall–Kier alpha value is -3.65. The zero-order valence-electron chi connectivity index (χ0n) is 24.3. The number of amides is 2.